The zero-order chi connectivity index (χ0) is 13.9. The van der Waals surface area contributed by atoms with Crippen LogP contribution in [0.15, 0.2) is 48.5 Å². The van der Waals surface area contributed by atoms with Gasteiger partial charge in [-0.25, -0.2) is 4.79 Å². The fourth-order valence-electron chi connectivity index (χ4n) is 2.55. The summed E-state index contributed by atoms with van der Waals surface area (Å²) in [5, 5.41) is 2.90. The van der Waals surface area contributed by atoms with Crippen molar-refractivity contribution in [1.82, 2.24) is 0 Å². The van der Waals surface area contributed by atoms with Gasteiger partial charge in [-0.05, 0) is 42.7 Å². The zero-order valence-corrected chi connectivity index (χ0v) is 11.2. The Morgan fingerprint density at radius 1 is 1.15 bits per heavy atom. The highest BCUT2D eigenvalue weighted by Gasteiger charge is 2.21. The quantitative estimate of drug-likeness (QED) is 0.779. The largest absolute Gasteiger partial charge is 0.399 e. The van der Waals surface area contributed by atoms with Gasteiger partial charge in [0, 0.05) is 23.6 Å². The van der Waals surface area contributed by atoms with Crippen molar-refractivity contribution in [1.29, 1.82) is 0 Å². The van der Waals surface area contributed by atoms with Crippen molar-refractivity contribution in [2.75, 3.05) is 22.5 Å². The molecule has 20 heavy (non-hydrogen) atoms. The number of hydrogen-bond acceptors (Lipinski definition) is 2. The number of carbonyl (C=O) groups excluding carboxylic acids is 1. The van der Waals surface area contributed by atoms with E-state index in [4.69, 9.17) is 5.73 Å². The van der Waals surface area contributed by atoms with Crippen LogP contribution in [0, 0.1) is 0 Å². The summed E-state index contributed by atoms with van der Waals surface area (Å²) in [6.07, 6.45) is 2.01. The first-order valence-electron chi connectivity index (χ1n) is 6.76. The minimum atomic E-state index is -0.109. The van der Waals surface area contributed by atoms with E-state index in [-0.39, 0.29) is 6.03 Å². The Balaban J connectivity index is 1.82. The predicted molar refractivity (Wildman–Crippen MR) is 82.0 cm³/mol. The van der Waals surface area contributed by atoms with Gasteiger partial charge in [0.25, 0.3) is 0 Å². The molecule has 0 atom stereocenters. The van der Waals surface area contributed by atoms with Gasteiger partial charge < -0.3 is 11.1 Å². The first kappa shape index (κ1) is 12.5. The number of rotatable bonds is 1. The van der Waals surface area contributed by atoms with Gasteiger partial charge >= 0.3 is 6.03 Å². The van der Waals surface area contributed by atoms with Gasteiger partial charge in [0.2, 0.25) is 0 Å². The highest BCUT2D eigenvalue weighted by Crippen LogP contribution is 2.27. The number of benzene rings is 2. The Morgan fingerprint density at radius 2 is 2.00 bits per heavy atom. The number of fused-ring (bicyclic) bond motifs is 1. The van der Waals surface area contributed by atoms with Crippen molar-refractivity contribution >= 4 is 23.1 Å². The van der Waals surface area contributed by atoms with E-state index in [1.54, 1.807) is 17.0 Å². The molecule has 0 radical (unpaired) electrons. The van der Waals surface area contributed by atoms with Crippen molar-refractivity contribution in [3.8, 4) is 0 Å². The molecule has 3 rings (SSSR count). The molecule has 1 heterocycles. The molecule has 0 unspecified atom stereocenters. The molecule has 1 aliphatic heterocycles. The number of nitrogens with two attached hydrogens (primary N) is 1. The minimum Gasteiger partial charge on any atom is -0.399 e. The second-order valence-corrected chi connectivity index (χ2v) is 4.94. The third-order valence-corrected chi connectivity index (χ3v) is 3.49. The summed E-state index contributed by atoms with van der Waals surface area (Å²) in [5.41, 5.74) is 9.31. The average Bonchev–Trinajstić information content (AvgIpc) is 2.46. The number of nitrogens with zero attached hydrogens (tertiary/aromatic N) is 1. The van der Waals surface area contributed by atoms with E-state index in [1.165, 1.54) is 5.56 Å². The smallest absolute Gasteiger partial charge is 0.326 e. The third-order valence-electron chi connectivity index (χ3n) is 3.49. The lowest BCUT2D eigenvalue weighted by molar-refractivity contribution is 0.256. The molecule has 0 aromatic heterocycles. The monoisotopic (exact) mass is 267 g/mol. The molecule has 0 saturated carbocycles. The minimum absolute atomic E-state index is 0.109. The molecule has 2 aromatic rings. The van der Waals surface area contributed by atoms with E-state index in [1.807, 2.05) is 30.3 Å². The Hall–Kier alpha value is -2.49. The van der Waals surface area contributed by atoms with E-state index in [2.05, 4.69) is 11.4 Å². The van der Waals surface area contributed by atoms with Crippen molar-refractivity contribution < 1.29 is 4.79 Å². The van der Waals surface area contributed by atoms with E-state index in [0.29, 0.717) is 5.69 Å². The summed E-state index contributed by atoms with van der Waals surface area (Å²) < 4.78 is 0. The van der Waals surface area contributed by atoms with Crippen LogP contribution in [-0.2, 0) is 6.42 Å². The third kappa shape index (κ3) is 2.45. The van der Waals surface area contributed by atoms with Crippen LogP contribution in [0.4, 0.5) is 21.9 Å². The van der Waals surface area contributed by atoms with Crippen molar-refractivity contribution in [3.63, 3.8) is 0 Å². The van der Waals surface area contributed by atoms with Crippen LogP contribution in [0.3, 0.4) is 0 Å². The van der Waals surface area contributed by atoms with Gasteiger partial charge in [-0.15, -0.1) is 0 Å². The summed E-state index contributed by atoms with van der Waals surface area (Å²) in [7, 11) is 0. The fourth-order valence-corrected chi connectivity index (χ4v) is 2.55. The van der Waals surface area contributed by atoms with Crippen LogP contribution < -0.4 is 16.0 Å². The molecule has 102 valence electrons. The van der Waals surface area contributed by atoms with Gasteiger partial charge in [0.15, 0.2) is 0 Å². The van der Waals surface area contributed by atoms with Crippen LogP contribution in [0.25, 0.3) is 0 Å². The lowest BCUT2D eigenvalue weighted by Crippen LogP contribution is -2.38. The van der Waals surface area contributed by atoms with Crippen LogP contribution in [-0.4, -0.2) is 12.6 Å². The molecule has 0 spiro atoms. The topological polar surface area (TPSA) is 58.4 Å². The number of amides is 2. The highest BCUT2D eigenvalue weighted by molar-refractivity contribution is 6.02. The van der Waals surface area contributed by atoms with Gasteiger partial charge in [0.1, 0.15) is 0 Å². The van der Waals surface area contributed by atoms with E-state index >= 15 is 0 Å². The lowest BCUT2D eigenvalue weighted by Gasteiger charge is -2.29. The summed E-state index contributed by atoms with van der Waals surface area (Å²) >= 11 is 0. The second kappa shape index (κ2) is 5.25. The maximum atomic E-state index is 12.4. The van der Waals surface area contributed by atoms with Crippen LogP contribution >= 0.6 is 0 Å². The summed E-state index contributed by atoms with van der Waals surface area (Å²) in [6.45, 7) is 0.741. The number of urea groups is 1. The Bertz CT molecular complexity index is 639. The molecule has 4 heteroatoms. The molecule has 3 N–H and O–H groups in total. The molecule has 1 aliphatic rings. The molecular formula is C16H17N3O. The number of para-hydroxylation sites is 1. The number of aryl methyl sites for hydroxylation is 1. The molecule has 2 amide bonds. The van der Waals surface area contributed by atoms with Crippen molar-refractivity contribution in [3.05, 3.63) is 54.1 Å². The van der Waals surface area contributed by atoms with Crippen LogP contribution in [0.1, 0.15) is 12.0 Å². The summed E-state index contributed by atoms with van der Waals surface area (Å²) in [4.78, 5) is 14.2. The summed E-state index contributed by atoms with van der Waals surface area (Å²) in [6, 6.07) is 15.2. The second-order valence-electron chi connectivity index (χ2n) is 4.94. The van der Waals surface area contributed by atoms with Gasteiger partial charge in [-0.3, -0.25) is 4.90 Å². The molecule has 0 bridgehead atoms. The Labute approximate surface area is 118 Å². The molecule has 4 nitrogen and oxygen atoms in total. The Morgan fingerprint density at radius 3 is 2.85 bits per heavy atom. The highest BCUT2D eigenvalue weighted by atomic mass is 16.2. The predicted octanol–water partition coefficient (Wildman–Crippen LogP) is 3.25. The van der Waals surface area contributed by atoms with Crippen LogP contribution in [0.2, 0.25) is 0 Å². The molecule has 0 aliphatic carbocycles. The van der Waals surface area contributed by atoms with Crippen molar-refractivity contribution in [2.24, 2.45) is 0 Å². The van der Waals surface area contributed by atoms with Crippen molar-refractivity contribution in [2.45, 2.75) is 12.8 Å². The van der Waals surface area contributed by atoms with E-state index in [0.717, 1.165) is 30.8 Å². The van der Waals surface area contributed by atoms with Gasteiger partial charge in [-0.1, -0.05) is 24.3 Å². The van der Waals surface area contributed by atoms with Gasteiger partial charge in [0.05, 0.1) is 0 Å². The lowest BCUT2D eigenvalue weighted by atomic mass is 10.0. The number of anilines is 3. The number of hydrogen-bond donors (Lipinski definition) is 2. The number of carbonyl (C=O) groups is 1. The normalized spacial score (nSPS) is 13.7. The average molecular weight is 267 g/mol. The van der Waals surface area contributed by atoms with Gasteiger partial charge in [-0.2, -0.15) is 0 Å². The fraction of sp³-hybridized carbons (Fsp3) is 0.188. The maximum Gasteiger partial charge on any atom is 0.326 e. The van der Waals surface area contributed by atoms with Crippen LogP contribution in [0.5, 0.6) is 0 Å². The zero-order valence-electron chi connectivity index (χ0n) is 11.2. The number of nitrogen functional groups attached to an aromatic ring is 1. The Kier molecular flexibility index (Phi) is 3.29. The number of nitrogens with one attached hydrogen (secondary N) is 1. The molecule has 0 saturated heterocycles. The first-order valence-corrected chi connectivity index (χ1v) is 6.76. The van der Waals surface area contributed by atoms with E-state index < -0.39 is 0 Å². The molecule has 0 fully saturated rings. The molecule has 2 aromatic carbocycles. The summed E-state index contributed by atoms with van der Waals surface area (Å²) in [5.74, 6) is 0. The maximum absolute atomic E-state index is 12.4. The SMILES string of the molecule is Nc1cccc(NC(=O)N2CCCc3ccccc32)c1. The standard InChI is InChI=1S/C16H17N3O/c17-13-7-3-8-14(11-13)18-16(20)19-10-4-6-12-5-1-2-9-15(12)19/h1-3,5,7-9,11H,4,6,10,17H2,(H,18,20). The molecular weight excluding hydrogens is 250 g/mol. The van der Waals surface area contributed by atoms with E-state index in [9.17, 15) is 4.79 Å². The first-order chi connectivity index (χ1) is 9.74.